The Kier molecular flexibility index (Phi) is 2.31. The van der Waals surface area contributed by atoms with Gasteiger partial charge in [0.2, 0.25) is 0 Å². The molecule has 2 aromatic rings. The first-order chi connectivity index (χ1) is 6.54. The topological polar surface area (TPSA) is 12.9 Å². The van der Waals surface area contributed by atoms with Crippen LogP contribution in [0.15, 0.2) is 23.6 Å². The quantitative estimate of drug-likeness (QED) is 0.688. The molecule has 14 heavy (non-hydrogen) atoms. The van der Waals surface area contributed by atoms with Crippen molar-refractivity contribution in [2.45, 2.75) is 27.2 Å². The SMILES string of the molecule is CC(C)(C)Cc1ccc2sccc2n1. The summed E-state index contributed by atoms with van der Waals surface area (Å²) >= 11 is 1.75. The van der Waals surface area contributed by atoms with Crippen LogP contribution in [0.4, 0.5) is 0 Å². The smallest absolute Gasteiger partial charge is 0.0812 e. The first-order valence-electron chi connectivity index (χ1n) is 4.88. The lowest BCUT2D eigenvalue weighted by Gasteiger charge is -2.17. The van der Waals surface area contributed by atoms with Gasteiger partial charge in [-0.1, -0.05) is 20.8 Å². The lowest BCUT2D eigenvalue weighted by atomic mass is 9.90. The summed E-state index contributed by atoms with van der Waals surface area (Å²) in [5, 5.41) is 2.10. The molecule has 2 heterocycles. The molecule has 0 atom stereocenters. The van der Waals surface area contributed by atoms with E-state index in [2.05, 4.69) is 49.3 Å². The highest BCUT2D eigenvalue weighted by molar-refractivity contribution is 7.17. The molecule has 0 amide bonds. The van der Waals surface area contributed by atoms with Gasteiger partial charge < -0.3 is 0 Å². The summed E-state index contributed by atoms with van der Waals surface area (Å²) in [7, 11) is 0. The van der Waals surface area contributed by atoms with Gasteiger partial charge in [-0.15, -0.1) is 11.3 Å². The monoisotopic (exact) mass is 205 g/mol. The fourth-order valence-electron chi connectivity index (χ4n) is 1.54. The molecular formula is C12H15NS. The second-order valence-electron chi connectivity index (χ2n) is 4.84. The molecule has 0 N–H and O–H groups in total. The average molecular weight is 205 g/mol. The van der Waals surface area contributed by atoms with Crippen molar-refractivity contribution in [2.75, 3.05) is 0 Å². The van der Waals surface area contributed by atoms with Crippen LogP contribution in [0.2, 0.25) is 0 Å². The van der Waals surface area contributed by atoms with Crippen LogP contribution in [0.3, 0.4) is 0 Å². The minimum Gasteiger partial charge on any atom is -0.252 e. The van der Waals surface area contributed by atoms with Crippen LogP contribution >= 0.6 is 11.3 Å². The second-order valence-corrected chi connectivity index (χ2v) is 5.79. The molecule has 0 aliphatic carbocycles. The Hall–Kier alpha value is -0.890. The van der Waals surface area contributed by atoms with E-state index in [0.29, 0.717) is 5.41 Å². The molecule has 0 aliphatic rings. The Balaban J connectivity index is 2.35. The molecule has 0 spiro atoms. The maximum atomic E-state index is 4.63. The number of fused-ring (bicyclic) bond motifs is 1. The van der Waals surface area contributed by atoms with Gasteiger partial charge in [-0.3, -0.25) is 4.98 Å². The molecule has 0 fully saturated rings. The summed E-state index contributed by atoms with van der Waals surface area (Å²) in [4.78, 5) is 4.63. The lowest BCUT2D eigenvalue weighted by molar-refractivity contribution is 0.407. The van der Waals surface area contributed by atoms with Gasteiger partial charge in [-0.2, -0.15) is 0 Å². The Morgan fingerprint density at radius 1 is 1.21 bits per heavy atom. The molecule has 2 aromatic heterocycles. The van der Waals surface area contributed by atoms with Crippen molar-refractivity contribution in [3.63, 3.8) is 0 Å². The maximum Gasteiger partial charge on any atom is 0.0812 e. The molecule has 0 saturated heterocycles. The number of nitrogens with zero attached hydrogens (tertiary/aromatic N) is 1. The van der Waals surface area contributed by atoms with E-state index in [1.54, 1.807) is 11.3 Å². The van der Waals surface area contributed by atoms with Crippen molar-refractivity contribution in [2.24, 2.45) is 5.41 Å². The zero-order chi connectivity index (χ0) is 10.2. The Labute approximate surface area is 88.8 Å². The summed E-state index contributed by atoms with van der Waals surface area (Å²) in [5.74, 6) is 0. The molecule has 74 valence electrons. The Bertz CT molecular complexity index is 437. The van der Waals surface area contributed by atoms with Crippen molar-refractivity contribution in [3.05, 3.63) is 29.3 Å². The summed E-state index contributed by atoms with van der Waals surface area (Å²) in [6.07, 6.45) is 1.04. The zero-order valence-corrected chi connectivity index (χ0v) is 9.69. The molecular weight excluding hydrogens is 190 g/mol. The van der Waals surface area contributed by atoms with Gasteiger partial charge in [0, 0.05) is 5.69 Å². The van der Waals surface area contributed by atoms with Crippen molar-refractivity contribution >= 4 is 21.6 Å². The summed E-state index contributed by atoms with van der Waals surface area (Å²) < 4.78 is 1.28. The van der Waals surface area contributed by atoms with Crippen LogP contribution in [-0.2, 0) is 6.42 Å². The van der Waals surface area contributed by atoms with Gasteiger partial charge in [-0.25, -0.2) is 0 Å². The first-order valence-corrected chi connectivity index (χ1v) is 5.76. The van der Waals surface area contributed by atoms with Crippen LogP contribution in [0.25, 0.3) is 10.2 Å². The van der Waals surface area contributed by atoms with Crippen molar-refractivity contribution in [1.82, 2.24) is 4.98 Å². The van der Waals surface area contributed by atoms with E-state index in [0.717, 1.165) is 11.9 Å². The minimum absolute atomic E-state index is 0.316. The predicted octanol–water partition coefficient (Wildman–Crippen LogP) is 3.88. The van der Waals surface area contributed by atoms with E-state index >= 15 is 0 Å². The van der Waals surface area contributed by atoms with Gasteiger partial charge in [0.1, 0.15) is 0 Å². The molecule has 2 heteroatoms. The standard InChI is InChI=1S/C12H15NS/c1-12(2,3)8-9-4-5-11-10(13-9)6-7-14-11/h4-7H,8H2,1-3H3. The van der Waals surface area contributed by atoms with E-state index < -0.39 is 0 Å². The first kappa shape index (κ1) is 9.66. The Morgan fingerprint density at radius 2 is 2.00 bits per heavy atom. The molecule has 0 radical (unpaired) electrons. The highest BCUT2D eigenvalue weighted by Gasteiger charge is 2.12. The highest BCUT2D eigenvalue weighted by Crippen LogP contribution is 2.23. The zero-order valence-electron chi connectivity index (χ0n) is 8.87. The van der Waals surface area contributed by atoms with Gasteiger partial charge in [0.25, 0.3) is 0 Å². The van der Waals surface area contributed by atoms with Gasteiger partial charge in [-0.05, 0) is 35.4 Å². The summed E-state index contributed by atoms with van der Waals surface area (Å²) in [6.45, 7) is 6.73. The van der Waals surface area contributed by atoms with E-state index in [-0.39, 0.29) is 0 Å². The second kappa shape index (κ2) is 3.35. The normalized spacial score (nSPS) is 12.2. The fraction of sp³-hybridized carbons (Fsp3) is 0.417. The molecule has 1 nitrogen and oxygen atoms in total. The highest BCUT2D eigenvalue weighted by atomic mass is 32.1. The fourth-order valence-corrected chi connectivity index (χ4v) is 2.26. The summed E-state index contributed by atoms with van der Waals surface area (Å²) in [6, 6.07) is 6.41. The van der Waals surface area contributed by atoms with E-state index in [1.165, 1.54) is 10.4 Å². The van der Waals surface area contributed by atoms with Crippen molar-refractivity contribution in [3.8, 4) is 0 Å². The number of aromatic nitrogens is 1. The van der Waals surface area contributed by atoms with Crippen LogP contribution in [0.1, 0.15) is 26.5 Å². The van der Waals surface area contributed by atoms with Crippen LogP contribution < -0.4 is 0 Å². The van der Waals surface area contributed by atoms with E-state index in [9.17, 15) is 0 Å². The van der Waals surface area contributed by atoms with E-state index in [4.69, 9.17) is 0 Å². The molecule has 0 aliphatic heterocycles. The average Bonchev–Trinajstić information content (AvgIpc) is 2.47. The van der Waals surface area contributed by atoms with Crippen LogP contribution in [-0.4, -0.2) is 4.98 Å². The molecule has 0 bridgehead atoms. The lowest BCUT2D eigenvalue weighted by Crippen LogP contribution is -2.10. The van der Waals surface area contributed by atoms with Crippen molar-refractivity contribution < 1.29 is 0 Å². The molecule has 0 aromatic carbocycles. The van der Waals surface area contributed by atoms with Crippen LogP contribution in [0.5, 0.6) is 0 Å². The number of thiophene rings is 1. The van der Waals surface area contributed by atoms with Gasteiger partial charge in [0.05, 0.1) is 10.2 Å². The van der Waals surface area contributed by atoms with E-state index in [1.807, 2.05) is 0 Å². The number of rotatable bonds is 1. The third kappa shape index (κ3) is 2.13. The molecule has 0 saturated carbocycles. The number of hydrogen-bond acceptors (Lipinski definition) is 2. The molecule has 2 rings (SSSR count). The Morgan fingerprint density at radius 3 is 2.71 bits per heavy atom. The van der Waals surface area contributed by atoms with Crippen molar-refractivity contribution in [1.29, 1.82) is 0 Å². The largest absolute Gasteiger partial charge is 0.252 e. The van der Waals surface area contributed by atoms with Gasteiger partial charge in [0.15, 0.2) is 0 Å². The molecule has 0 unspecified atom stereocenters. The third-order valence-electron chi connectivity index (χ3n) is 2.08. The number of hydrogen-bond donors (Lipinski definition) is 0. The number of pyridine rings is 1. The maximum absolute atomic E-state index is 4.63. The minimum atomic E-state index is 0.316. The van der Waals surface area contributed by atoms with Crippen LogP contribution in [0, 0.1) is 5.41 Å². The summed E-state index contributed by atoms with van der Waals surface area (Å²) in [5.41, 5.74) is 2.65. The third-order valence-corrected chi connectivity index (χ3v) is 2.95. The van der Waals surface area contributed by atoms with Gasteiger partial charge >= 0.3 is 0 Å². The predicted molar refractivity (Wildman–Crippen MR) is 62.8 cm³/mol.